The third kappa shape index (κ3) is 6.15. The molecule has 3 rings (SSSR count). The van der Waals surface area contributed by atoms with Gasteiger partial charge in [-0.1, -0.05) is 59.2 Å². The maximum absolute atomic E-state index is 12.7. The quantitative estimate of drug-likeness (QED) is 0.509. The fraction of sp³-hybridized carbons (Fsp3) is 0.273. The van der Waals surface area contributed by atoms with Crippen LogP contribution in [-0.2, 0) is 11.2 Å². The lowest BCUT2D eigenvalue weighted by molar-refractivity contribution is -0.121. The molecule has 1 heterocycles. The molecule has 7 nitrogen and oxygen atoms in total. The Morgan fingerprint density at radius 3 is 2.53 bits per heavy atom. The first-order valence-electron chi connectivity index (χ1n) is 9.69. The summed E-state index contributed by atoms with van der Waals surface area (Å²) in [6.45, 7) is 2.23. The molecular formula is C22H23ClN4O3. The highest BCUT2D eigenvalue weighted by molar-refractivity contribution is 6.33. The Morgan fingerprint density at radius 1 is 1.10 bits per heavy atom. The third-order valence-corrected chi connectivity index (χ3v) is 4.80. The van der Waals surface area contributed by atoms with Crippen molar-refractivity contribution in [2.24, 2.45) is 0 Å². The van der Waals surface area contributed by atoms with Crippen LogP contribution in [0.1, 0.15) is 46.5 Å². The molecule has 3 aromatic rings. The van der Waals surface area contributed by atoms with Gasteiger partial charge in [-0.3, -0.25) is 9.59 Å². The largest absolute Gasteiger partial charge is 0.356 e. The van der Waals surface area contributed by atoms with Crippen molar-refractivity contribution in [3.8, 4) is 0 Å². The molecule has 0 saturated heterocycles. The molecule has 2 N–H and O–H groups in total. The molecule has 1 aromatic heterocycles. The predicted octanol–water partition coefficient (Wildman–Crippen LogP) is 3.64. The Kier molecular flexibility index (Phi) is 7.57. The summed E-state index contributed by atoms with van der Waals surface area (Å²) in [5.41, 5.74) is 1.21. The molecule has 0 radical (unpaired) electrons. The van der Waals surface area contributed by atoms with Gasteiger partial charge in [-0.25, -0.2) is 0 Å². The molecule has 0 aliphatic rings. The summed E-state index contributed by atoms with van der Waals surface area (Å²) in [7, 11) is 0. The number of carbonyl (C=O) groups is 2. The number of aryl methyl sites for hydroxylation is 2. The monoisotopic (exact) mass is 426 g/mol. The summed E-state index contributed by atoms with van der Waals surface area (Å²) < 4.78 is 5.06. The van der Waals surface area contributed by atoms with Crippen LogP contribution in [0.2, 0.25) is 5.02 Å². The lowest BCUT2D eigenvalue weighted by Crippen LogP contribution is -2.34. The average Bonchev–Trinajstić information content (AvgIpc) is 3.16. The van der Waals surface area contributed by atoms with Gasteiger partial charge in [0.2, 0.25) is 11.8 Å². The van der Waals surface area contributed by atoms with Crippen molar-refractivity contribution >= 4 is 23.4 Å². The molecule has 0 saturated carbocycles. The van der Waals surface area contributed by atoms with Gasteiger partial charge >= 0.3 is 0 Å². The normalized spacial score (nSPS) is 11.7. The lowest BCUT2D eigenvalue weighted by atomic mass is 10.0. The molecule has 0 aliphatic heterocycles. The fourth-order valence-corrected chi connectivity index (χ4v) is 3.21. The maximum atomic E-state index is 12.7. The zero-order valence-corrected chi connectivity index (χ0v) is 17.4. The highest BCUT2D eigenvalue weighted by atomic mass is 35.5. The second kappa shape index (κ2) is 10.5. The van der Waals surface area contributed by atoms with Crippen LogP contribution in [-0.4, -0.2) is 28.5 Å². The summed E-state index contributed by atoms with van der Waals surface area (Å²) in [6.07, 6.45) is 1.38. The first kappa shape index (κ1) is 21.5. The van der Waals surface area contributed by atoms with E-state index in [-0.39, 0.29) is 18.2 Å². The van der Waals surface area contributed by atoms with E-state index >= 15 is 0 Å². The first-order chi connectivity index (χ1) is 14.5. The highest BCUT2D eigenvalue weighted by Crippen LogP contribution is 2.20. The van der Waals surface area contributed by atoms with E-state index in [1.54, 1.807) is 31.2 Å². The number of rotatable bonds is 9. The zero-order chi connectivity index (χ0) is 21.3. The summed E-state index contributed by atoms with van der Waals surface area (Å²) in [4.78, 5) is 29.3. The van der Waals surface area contributed by atoms with Crippen molar-refractivity contribution < 1.29 is 14.1 Å². The van der Waals surface area contributed by atoms with Crippen molar-refractivity contribution in [2.45, 2.75) is 32.2 Å². The number of benzene rings is 2. The molecule has 0 aliphatic carbocycles. The molecule has 156 valence electrons. The summed E-state index contributed by atoms with van der Waals surface area (Å²) in [5, 5.41) is 9.90. The van der Waals surface area contributed by atoms with Gasteiger partial charge in [-0.15, -0.1) is 0 Å². The van der Waals surface area contributed by atoms with Crippen LogP contribution in [0.4, 0.5) is 0 Å². The number of hydrogen-bond acceptors (Lipinski definition) is 5. The van der Waals surface area contributed by atoms with E-state index in [9.17, 15) is 9.59 Å². The van der Waals surface area contributed by atoms with Crippen LogP contribution in [0.5, 0.6) is 0 Å². The predicted molar refractivity (Wildman–Crippen MR) is 113 cm³/mol. The van der Waals surface area contributed by atoms with E-state index in [4.69, 9.17) is 16.1 Å². The van der Waals surface area contributed by atoms with E-state index in [0.29, 0.717) is 41.7 Å². The first-order valence-corrected chi connectivity index (χ1v) is 10.1. The van der Waals surface area contributed by atoms with Gasteiger partial charge in [0, 0.05) is 13.0 Å². The molecule has 0 spiro atoms. The molecule has 8 heteroatoms. The van der Waals surface area contributed by atoms with Gasteiger partial charge in [0.25, 0.3) is 5.91 Å². The van der Waals surface area contributed by atoms with Gasteiger partial charge in [0.05, 0.1) is 23.0 Å². The minimum absolute atomic E-state index is 0.111. The van der Waals surface area contributed by atoms with Crippen molar-refractivity contribution in [1.82, 2.24) is 20.8 Å². The Morgan fingerprint density at radius 2 is 1.83 bits per heavy atom. The average molecular weight is 427 g/mol. The Hall–Kier alpha value is -3.19. The van der Waals surface area contributed by atoms with Crippen LogP contribution in [0, 0.1) is 6.92 Å². The van der Waals surface area contributed by atoms with Crippen LogP contribution in [0.25, 0.3) is 0 Å². The summed E-state index contributed by atoms with van der Waals surface area (Å²) in [6, 6.07) is 15.7. The number of nitrogens with one attached hydrogen (secondary N) is 2. The Balaban J connectivity index is 1.58. The van der Waals surface area contributed by atoms with Crippen LogP contribution in [0.3, 0.4) is 0 Å². The molecule has 30 heavy (non-hydrogen) atoms. The number of hydrogen-bond donors (Lipinski definition) is 2. The van der Waals surface area contributed by atoms with Crippen LogP contribution in [0.15, 0.2) is 59.1 Å². The van der Waals surface area contributed by atoms with E-state index < -0.39 is 6.04 Å². The number of halogens is 1. The molecule has 0 fully saturated rings. The van der Waals surface area contributed by atoms with Gasteiger partial charge in [0.15, 0.2) is 5.82 Å². The second-order valence-electron chi connectivity index (χ2n) is 6.81. The smallest absolute Gasteiger partial charge is 0.253 e. The zero-order valence-electron chi connectivity index (χ0n) is 16.6. The Labute approximate surface area is 179 Å². The second-order valence-corrected chi connectivity index (χ2v) is 7.22. The minimum Gasteiger partial charge on any atom is -0.356 e. The van der Waals surface area contributed by atoms with Crippen LogP contribution < -0.4 is 10.6 Å². The van der Waals surface area contributed by atoms with E-state index in [0.717, 1.165) is 5.56 Å². The van der Waals surface area contributed by atoms with Gasteiger partial charge in [-0.05, 0) is 31.0 Å². The number of nitrogens with zero attached hydrogens (tertiary/aromatic N) is 2. The number of carbonyl (C=O) groups excluding carboxylic acids is 2. The van der Waals surface area contributed by atoms with Gasteiger partial charge in [0.1, 0.15) is 0 Å². The maximum Gasteiger partial charge on any atom is 0.253 e. The van der Waals surface area contributed by atoms with E-state index in [1.165, 1.54) is 0 Å². The van der Waals surface area contributed by atoms with E-state index in [1.807, 2.05) is 30.3 Å². The standard InChI is InChI=1S/C22H23ClN4O3/c1-15-25-21(30-27-15)12-7-13-24-20(28)14-19(16-8-3-2-4-9-16)26-22(29)17-10-5-6-11-18(17)23/h2-6,8-11,19H,7,12-14H2,1H3,(H,24,28)(H,26,29). The van der Waals surface area contributed by atoms with Gasteiger partial charge in [-0.2, -0.15) is 4.98 Å². The van der Waals surface area contributed by atoms with Crippen molar-refractivity contribution in [1.29, 1.82) is 0 Å². The van der Waals surface area contributed by atoms with Gasteiger partial charge < -0.3 is 15.2 Å². The van der Waals surface area contributed by atoms with Crippen LogP contribution >= 0.6 is 11.6 Å². The molecule has 1 atom stereocenters. The highest BCUT2D eigenvalue weighted by Gasteiger charge is 2.20. The van der Waals surface area contributed by atoms with E-state index in [2.05, 4.69) is 20.8 Å². The summed E-state index contributed by atoms with van der Waals surface area (Å²) in [5.74, 6) is 0.656. The van der Waals surface area contributed by atoms with Crippen molar-refractivity contribution in [3.05, 3.63) is 82.5 Å². The SMILES string of the molecule is Cc1noc(CCCNC(=O)CC(NC(=O)c2ccccc2Cl)c2ccccc2)n1. The minimum atomic E-state index is -0.478. The molecular weight excluding hydrogens is 404 g/mol. The number of amides is 2. The molecule has 0 bridgehead atoms. The lowest BCUT2D eigenvalue weighted by Gasteiger charge is -2.19. The summed E-state index contributed by atoms with van der Waals surface area (Å²) >= 11 is 6.13. The third-order valence-electron chi connectivity index (χ3n) is 4.47. The molecule has 2 amide bonds. The molecule has 1 unspecified atom stereocenters. The Bertz CT molecular complexity index is 991. The number of aromatic nitrogens is 2. The topological polar surface area (TPSA) is 97.1 Å². The van der Waals surface area contributed by atoms with Crippen molar-refractivity contribution in [2.75, 3.05) is 6.54 Å². The molecule has 2 aromatic carbocycles. The van der Waals surface area contributed by atoms with Crippen molar-refractivity contribution in [3.63, 3.8) is 0 Å². The fourth-order valence-electron chi connectivity index (χ4n) is 2.99.